The third-order valence-electron chi connectivity index (χ3n) is 2.70. The standard InChI is InChI=1S/C12H12ClF2NO2/c13-9-4-1-7(12(14,15)11(16)6-17)5-10(9)18-8-2-3-8/h1,4-6,8,11H,2-3,16H2. The number of carbonyl (C=O) groups is 1. The zero-order valence-corrected chi connectivity index (χ0v) is 10.2. The molecule has 0 aliphatic heterocycles. The van der Waals surface area contributed by atoms with Crippen molar-refractivity contribution in [2.45, 2.75) is 30.9 Å². The van der Waals surface area contributed by atoms with Crippen molar-refractivity contribution < 1.29 is 18.3 Å². The van der Waals surface area contributed by atoms with Crippen LogP contribution < -0.4 is 10.5 Å². The molecule has 1 atom stereocenters. The zero-order valence-electron chi connectivity index (χ0n) is 9.41. The van der Waals surface area contributed by atoms with Crippen molar-refractivity contribution in [1.82, 2.24) is 0 Å². The highest BCUT2D eigenvalue weighted by atomic mass is 35.5. The molecule has 1 aliphatic carbocycles. The molecule has 1 unspecified atom stereocenters. The molecule has 0 bridgehead atoms. The van der Waals surface area contributed by atoms with E-state index in [0.717, 1.165) is 25.0 Å². The minimum Gasteiger partial charge on any atom is -0.489 e. The first kappa shape index (κ1) is 13.2. The Morgan fingerprint density at radius 2 is 2.17 bits per heavy atom. The molecule has 0 saturated heterocycles. The molecule has 0 spiro atoms. The van der Waals surface area contributed by atoms with Crippen LogP contribution in [0.25, 0.3) is 0 Å². The lowest BCUT2D eigenvalue weighted by molar-refractivity contribution is -0.118. The van der Waals surface area contributed by atoms with Gasteiger partial charge in [0.15, 0.2) is 0 Å². The molecular weight excluding hydrogens is 264 g/mol. The summed E-state index contributed by atoms with van der Waals surface area (Å²) in [6.45, 7) is 0. The third kappa shape index (κ3) is 2.62. The van der Waals surface area contributed by atoms with Crippen molar-refractivity contribution in [2.24, 2.45) is 5.73 Å². The highest BCUT2D eigenvalue weighted by Gasteiger charge is 2.39. The molecule has 1 aromatic rings. The fraction of sp³-hybridized carbons (Fsp3) is 0.417. The van der Waals surface area contributed by atoms with E-state index in [1.807, 2.05) is 0 Å². The van der Waals surface area contributed by atoms with Crippen molar-refractivity contribution in [3.63, 3.8) is 0 Å². The number of hydrogen-bond acceptors (Lipinski definition) is 3. The van der Waals surface area contributed by atoms with Crippen LogP contribution in [-0.2, 0) is 10.7 Å². The first-order chi connectivity index (χ1) is 8.45. The van der Waals surface area contributed by atoms with Gasteiger partial charge in [-0.2, -0.15) is 8.78 Å². The summed E-state index contributed by atoms with van der Waals surface area (Å²) in [7, 11) is 0. The minimum absolute atomic E-state index is 0.0238. The van der Waals surface area contributed by atoms with Gasteiger partial charge >= 0.3 is 0 Å². The number of carbonyl (C=O) groups excluding carboxylic acids is 1. The Labute approximate surface area is 108 Å². The number of benzene rings is 1. The number of rotatable bonds is 5. The topological polar surface area (TPSA) is 52.3 Å². The molecule has 1 fully saturated rings. The van der Waals surface area contributed by atoms with Gasteiger partial charge < -0.3 is 15.3 Å². The molecule has 1 aromatic carbocycles. The smallest absolute Gasteiger partial charge is 0.294 e. The van der Waals surface area contributed by atoms with Gasteiger partial charge in [0.2, 0.25) is 0 Å². The van der Waals surface area contributed by atoms with Gasteiger partial charge in [-0.3, -0.25) is 0 Å². The molecule has 2 N–H and O–H groups in total. The molecule has 0 radical (unpaired) electrons. The summed E-state index contributed by atoms with van der Waals surface area (Å²) in [6.07, 6.45) is 1.86. The molecule has 0 heterocycles. The van der Waals surface area contributed by atoms with E-state index in [2.05, 4.69) is 0 Å². The Kier molecular flexibility index (Phi) is 3.54. The largest absolute Gasteiger partial charge is 0.489 e. The first-order valence-electron chi connectivity index (χ1n) is 5.50. The van der Waals surface area contributed by atoms with Gasteiger partial charge in [0.1, 0.15) is 18.1 Å². The van der Waals surface area contributed by atoms with Crippen LogP contribution in [0.5, 0.6) is 5.75 Å². The lowest BCUT2D eigenvalue weighted by atomic mass is 10.0. The van der Waals surface area contributed by atoms with Crippen LogP contribution in [-0.4, -0.2) is 18.4 Å². The summed E-state index contributed by atoms with van der Waals surface area (Å²) in [5, 5.41) is 0.265. The van der Waals surface area contributed by atoms with Crippen LogP contribution in [0.4, 0.5) is 8.78 Å². The minimum atomic E-state index is -3.44. The van der Waals surface area contributed by atoms with Crippen LogP contribution >= 0.6 is 11.6 Å². The van der Waals surface area contributed by atoms with Gasteiger partial charge in [0.25, 0.3) is 5.92 Å². The van der Waals surface area contributed by atoms with E-state index < -0.39 is 12.0 Å². The molecule has 3 nitrogen and oxygen atoms in total. The maximum absolute atomic E-state index is 13.8. The van der Waals surface area contributed by atoms with Crippen LogP contribution in [0.15, 0.2) is 18.2 Å². The van der Waals surface area contributed by atoms with Crippen LogP contribution in [0, 0.1) is 0 Å². The lowest BCUT2D eigenvalue weighted by Crippen LogP contribution is -2.39. The van der Waals surface area contributed by atoms with Gasteiger partial charge in [-0.25, -0.2) is 0 Å². The number of aldehydes is 1. The Balaban J connectivity index is 2.30. The van der Waals surface area contributed by atoms with Crippen molar-refractivity contribution in [1.29, 1.82) is 0 Å². The Hall–Kier alpha value is -1.20. The molecule has 2 rings (SSSR count). The molecular formula is C12H12ClF2NO2. The monoisotopic (exact) mass is 275 g/mol. The highest BCUT2D eigenvalue weighted by Crippen LogP contribution is 2.37. The molecule has 1 aliphatic rings. The van der Waals surface area contributed by atoms with Crippen molar-refractivity contribution in [3.05, 3.63) is 28.8 Å². The number of hydrogen-bond donors (Lipinski definition) is 1. The summed E-state index contributed by atoms with van der Waals surface area (Å²) >= 11 is 5.86. The van der Waals surface area contributed by atoms with Crippen molar-refractivity contribution in [3.8, 4) is 5.75 Å². The van der Waals surface area contributed by atoms with E-state index in [1.54, 1.807) is 0 Å². The average molecular weight is 276 g/mol. The van der Waals surface area contributed by atoms with Gasteiger partial charge in [-0.1, -0.05) is 17.7 Å². The second kappa shape index (κ2) is 4.82. The summed E-state index contributed by atoms with van der Waals surface area (Å²) in [5.74, 6) is -3.23. The van der Waals surface area contributed by atoms with Gasteiger partial charge in [-0.05, 0) is 25.0 Å². The SMILES string of the molecule is NC(C=O)C(F)(F)c1ccc(Cl)c(OC2CC2)c1. The van der Waals surface area contributed by atoms with Crippen LogP contribution in [0.2, 0.25) is 5.02 Å². The molecule has 6 heteroatoms. The quantitative estimate of drug-likeness (QED) is 0.840. The summed E-state index contributed by atoms with van der Waals surface area (Å²) < 4.78 is 32.9. The summed E-state index contributed by atoms with van der Waals surface area (Å²) in [4.78, 5) is 10.4. The van der Waals surface area contributed by atoms with Crippen LogP contribution in [0.1, 0.15) is 18.4 Å². The van der Waals surface area contributed by atoms with Crippen LogP contribution in [0.3, 0.4) is 0 Å². The summed E-state index contributed by atoms with van der Waals surface area (Å²) in [6, 6.07) is 1.72. The first-order valence-corrected chi connectivity index (χ1v) is 5.88. The Morgan fingerprint density at radius 3 is 2.72 bits per heavy atom. The second-order valence-electron chi connectivity index (χ2n) is 4.25. The van der Waals surface area contributed by atoms with E-state index in [-0.39, 0.29) is 28.7 Å². The maximum Gasteiger partial charge on any atom is 0.294 e. The van der Waals surface area contributed by atoms with E-state index in [4.69, 9.17) is 22.1 Å². The number of nitrogens with two attached hydrogens (primary N) is 1. The fourth-order valence-electron chi connectivity index (χ4n) is 1.44. The van der Waals surface area contributed by atoms with E-state index in [0.29, 0.717) is 0 Å². The number of alkyl halides is 2. The predicted octanol–water partition coefficient (Wildman–Crippen LogP) is 2.50. The maximum atomic E-state index is 13.8. The normalized spacial score (nSPS) is 17.3. The molecule has 1 saturated carbocycles. The summed E-state index contributed by atoms with van der Waals surface area (Å²) in [5.41, 5.74) is 4.72. The predicted molar refractivity (Wildman–Crippen MR) is 63.0 cm³/mol. The number of ether oxygens (including phenoxy) is 1. The van der Waals surface area contributed by atoms with Gasteiger partial charge in [0, 0.05) is 5.56 Å². The fourth-order valence-corrected chi connectivity index (χ4v) is 1.61. The molecule has 98 valence electrons. The Morgan fingerprint density at radius 1 is 1.50 bits per heavy atom. The second-order valence-corrected chi connectivity index (χ2v) is 4.65. The molecule has 0 aromatic heterocycles. The molecule has 0 amide bonds. The van der Waals surface area contributed by atoms with Gasteiger partial charge in [-0.15, -0.1) is 0 Å². The highest BCUT2D eigenvalue weighted by molar-refractivity contribution is 6.32. The van der Waals surface area contributed by atoms with Crippen molar-refractivity contribution in [2.75, 3.05) is 0 Å². The Bertz CT molecular complexity index is 463. The van der Waals surface area contributed by atoms with Crippen molar-refractivity contribution >= 4 is 17.9 Å². The lowest BCUT2D eigenvalue weighted by Gasteiger charge is -2.20. The van der Waals surface area contributed by atoms with Gasteiger partial charge in [0.05, 0.1) is 11.1 Å². The third-order valence-corrected chi connectivity index (χ3v) is 3.01. The van der Waals surface area contributed by atoms with E-state index in [9.17, 15) is 13.6 Å². The zero-order chi connectivity index (χ0) is 13.3. The van der Waals surface area contributed by atoms with E-state index in [1.165, 1.54) is 6.07 Å². The number of halogens is 3. The molecule has 18 heavy (non-hydrogen) atoms. The van der Waals surface area contributed by atoms with E-state index >= 15 is 0 Å². The average Bonchev–Trinajstić information content (AvgIpc) is 3.14.